The lowest BCUT2D eigenvalue weighted by molar-refractivity contribution is -0.402. The maximum atomic E-state index is 11.6. The number of rotatable bonds is 6. The Labute approximate surface area is 126 Å². The summed E-state index contributed by atoms with van der Waals surface area (Å²) in [4.78, 5) is 23.3. The molecule has 9 heteroatoms. The van der Waals surface area contributed by atoms with Crippen LogP contribution >= 0.6 is 0 Å². The lowest BCUT2D eigenvalue weighted by Gasteiger charge is -2.13. The summed E-state index contributed by atoms with van der Waals surface area (Å²) in [5.74, 6) is -0.00105. The van der Waals surface area contributed by atoms with E-state index in [0.29, 0.717) is 18.8 Å². The number of likely N-dealkylation sites (N-methyl/N-ethyl adjacent to an activating group) is 1. The third kappa shape index (κ3) is 4.16. The molecule has 0 aliphatic carbocycles. The Morgan fingerprint density at radius 3 is 2.95 bits per heavy atom. The maximum Gasteiger partial charge on any atom is 0.433 e. The molecule has 22 heavy (non-hydrogen) atoms. The molecule has 118 valence electrons. The van der Waals surface area contributed by atoms with Crippen LogP contribution in [0.15, 0.2) is 27.7 Å². The molecule has 1 aromatic heterocycles. The van der Waals surface area contributed by atoms with Crippen LogP contribution in [0.4, 0.5) is 10.7 Å². The first-order chi connectivity index (χ1) is 10.5. The molecule has 0 N–H and O–H groups in total. The van der Waals surface area contributed by atoms with Crippen molar-refractivity contribution in [3.8, 4) is 0 Å². The van der Waals surface area contributed by atoms with E-state index in [9.17, 15) is 14.9 Å². The second-order valence-electron chi connectivity index (χ2n) is 4.91. The zero-order valence-corrected chi connectivity index (χ0v) is 12.2. The molecule has 1 fully saturated rings. The monoisotopic (exact) mass is 308 g/mol. The van der Waals surface area contributed by atoms with Crippen molar-refractivity contribution in [2.24, 2.45) is 5.10 Å². The van der Waals surface area contributed by atoms with Gasteiger partial charge < -0.3 is 14.1 Å². The van der Waals surface area contributed by atoms with Crippen molar-refractivity contribution in [1.82, 2.24) is 9.91 Å². The summed E-state index contributed by atoms with van der Waals surface area (Å²) in [6.07, 6.45) is 3.72. The fourth-order valence-electron chi connectivity index (χ4n) is 1.89. The van der Waals surface area contributed by atoms with E-state index in [4.69, 9.17) is 9.15 Å². The first-order valence-electron chi connectivity index (χ1n) is 6.53. The summed E-state index contributed by atoms with van der Waals surface area (Å²) in [6.45, 7) is 1.01. The van der Waals surface area contributed by atoms with Crippen LogP contribution in [0.5, 0.6) is 0 Å². The van der Waals surface area contributed by atoms with Gasteiger partial charge in [-0.15, -0.1) is 0 Å². The number of nitro groups is 1. The molecule has 0 bridgehead atoms. The molecule has 2 rings (SSSR count). The Kier molecular flexibility index (Phi) is 4.89. The lowest BCUT2D eigenvalue weighted by atomic mass is 10.3. The third-order valence-corrected chi connectivity index (χ3v) is 2.77. The standard InChI is InChI=1S/C13H16N4O5/c1-15(2)8-11-9-16(13(18)22-11)14-7-3-4-10-5-6-12(21-10)17(19)20/h3-7,11H,8-9H2,1-2H3. The molecule has 1 unspecified atom stereocenters. The molecule has 1 aliphatic heterocycles. The Morgan fingerprint density at radius 2 is 2.32 bits per heavy atom. The number of ether oxygens (including phenoxy) is 1. The molecule has 0 saturated carbocycles. The van der Waals surface area contributed by atoms with Crippen molar-refractivity contribution < 1.29 is 18.9 Å². The Balaban J connectivity index is 1.87. The molecule has 9 nitrogen and oxygen atoms in total. The molecular formula is C13H16N4O5. The SMILES string of the molecule is CN(C)CC1CN(N=CC=Cc2ccc([N+](=O)[O-])o2)C(=O)O1. The summed E-state index contributed by atoms with van der Waals surface area (Å²) in [5, 5.41) is 15.7. The molecular weight excluding hydrogens is 292 g/mol. The number of hydrogen-bond donors (Lipinski definition) is 0. The smallest absolute Gasteiger partial charge is 0.433 e. The first-order valence-corrected chi connectivity index (χ1v) is 6.53. The van der Waals surface area contributed by atoms with Crippen LogP contribution in [0.2, 0.25) is 0 Å². The van der Waals surface area contributed by atoms with Crippen LogP contribution in [0.3, 0.4) is 0 Å². The highest BCUT2D eigenvalue weighted by atomic mass is 16.6. The minimum Gasteiger partial charge on any atom is -0.441 e. The van der Waals surface area contributed by atoms with E-state index in [1.165, 1.54) is 35.5 Å². The van der Waals surface area contributed by atoms with Crippen LogP contribution in [-0.4, -0.2) is 60.4 Å². The fraction of sp³-hybridized carbons (Fsp3) is 0.385. The predicted octanol–water partition coefficient (Wildman–Crippen LogP) is 1.57. The van der Waals surface area contributed by atoms with E-state index in [1.807, 2.05) is 19.0 Å². The Morgan fingerprint density at radius 1 is 1.55 bits per heavy atom. The van der Waals surface area contributed by atoms with Gasteiger partial charge in [0.25, 0.3) is 0 Å². The van der Waals surface area contributed by atoms with Gasteiger partial charge in [-0.2, -0.15) is 10.1 Å². The van der Waals surface area contributed by atoms with Crippen molar-refractivity contribution >= 4 is 24.3 Å². The highest BCUT2D eigenvalue weighted by Crippen LogP contribution is 2.16. The zero-order chi connectivity index (χ0) is 16.1. The Hall–Kier alpha value is -2.68. The summed E-state index contributed by atoms with van der Waals surface area (Å²) in [6, 6.07) is 2.74. The van der Waals surface area contributed by atoms with Gasteiger partial charge in [-0.05, 0) is 32.3 Å². The number of hydrazone groups is 1. The lowest BCUT2D eigenvalue weighted by Crippen LogP contribution is -2.28. The average molecular weight is 308 g/mol. The molecule has 1 aliphatic rings. The number of carbonyl (C=O) groups excluding carboxylic acids is 1. The summed E-state index contributed by atoms with van der Waals surface area (Å²) >= 11 is 0. The molecule has 2 heterocycles. The van der Waals surface area contributed by atoms with Crippen molar-refractivity contribution in [3.05, 3.63) is 34.1 Å². The average Bonchev–Trinajstić information content (AvgIpc) is 3.01. The van der Waals surface area contributed by atoms with Crippen LogP contribution in [0, 0.1) is 10.1 Å². The minimum atomic E-state index is -0.615. The van der Waals surface area contributed by atoms with Gasteiger partial charge >= 0.3 is 12.0 Å². The number of hydrogen-bond acceptors (Lipinski definition) is 7. The van der Waals surface area contributed by atoms with Crippen molar-refractivity contribution in [2.75, 3.05) is 27.2 Å². The second kappa shape index (κ2) is 6.85. The molecule has 0 aromatic carbocycles. The van der Waals surface area contributed by atoms with E-state index in [0.717, 1.165) is 0 Å². The number of amides is 1. The van der Waals surface area contributed by atoms with Crippen molar-refractivity contribution in [2.45, 2.75) is 6.10 Å². The molecule has 0 radical (unpaired) electrons. The number of furan rings is 1. The van der Waals surface area contributed by atoms with Crippen molar-refractivity contribution in [3.63, 3.8) is 0 Å². The van der Waals surface area contributed by atoms with Gasteiger partial charge in [-0.3, -0.25) is 10.1 Å². The number of nitrogens with zero attached hydrogens (tertiary/aromatic N) is 4. The topological polar surface area (TPSA) is 101 Å². The van der Waals surface area contributed by atoms with Crippen molar-refractivity contribution in [1.29, 1.82) is 0 Å². The van der Waals surface area contributed by atoms with Gasteiger partial charge in [0.1, 0.15) is 16.8 Å². The van der Waals surface area contributed by atoms with Gasteiger partial charge in [0, 0.05) is 12.8 Å². The summed E-state index contributed by atoms with van der Waals surface area (Å²) in [7, 11) is 3.79. The largest absolute Gasteiger partial charge is 0.441 e. The molecule has 1 aromatic rings. The van der Waals surface area contributed by atoms with E-state index in [-0.39, 0.29) is 12.0 Å². The van der Waals surface area contributed by atoms with E-state index in [1.54, 1.807) is 0 Å². The maximum absolute atomic E-state index is 11.6. The minimum absolute atomic E-state index is 0.212. The van der Waals surface area contributed by atoms with E-state index >= 15 is 0 Å². The van der Waals surface area contributed by atoms with Crippen LogP contribution < -0.4 is 0 Å². The van der Waals surface area contributed by atoms with Crippen LogP contribution in [0.25, 0.3) is 6.08 Å². The van der Waals surface area contributed by atoms with E-state index in [2.05, 4.69) is 5.10 Å². The number of cyclic esters (lactones) is 1. The Bertz CT molecular complexity index is 607. The number of carbonyl (C=O) groups is 1. The molecule has 0 spiro atoms. The summed E-state index contributed by atoms with van der Waals surface area (Å²) in [5.41, 5.74) is 0. The molecule has 1 saturated heterocycles. The fourth-order valence-corrected chi connectivity index (χ4v) is 1.89. The normalized spacial score (nSPS) is 18.8. The van der Waals surface area contributed by atoms with Gasteiger partial charge in [0.15, 0.2) is 0 Å². The molecule has 1 amide bonds. The predicted molar refractivity (Wildman–Crippen MR) is 78.4 cm³/mol. The third-order valence-electron chi connectivity index (χ3n) is 2.77. The van der Waals surface area contributed by atoms with Gasteiger partial charge in [-0.25, -0.2) is 4.79 Å². The van der Waals surface area contributed by atoms with Gasteiger partial charge in [0.05, 0.1) is 12.6 Å². The van der Waals surface area contributed by atoms with E-state index < -0.39 is 11.0 Å². The highest BCUT2D eigenvalue weighted by molar-refractivity contribution is 5.79. The van der Waals surface area contributed by atoms with Gasteiger partial charge in [-0.1, -0.05) is 0 Å². The van der Waals surface area contributed by atoms with Gasteiger partial charge in [0.2, 0.25) is 0 Å². The second-order valence-corrected chi connectivity index (χ2v) is 4.91. The molecule has 1 atom stereocenters. The van der Waals surface area contributed by atoms with Crippen LogP contribution in [0.1, 0.15) is 5.76 Å². The first kappa shape index (κ1) is 15.7. The number of allylic oxidation sites excluding steroid dienone is 1. The summed E-state index contributed by atoms with van der Waals surface area (Å²) < 4.78 is 10.1. The highest BCUT2D eigenvalue weighted by Gasteiger charge is 2.31. The zero-order valence-electron chi connectivity index (χ0n) is 12.2. The van der Waals surface area contributed by atoms with Crippen LogP contribution in [-0.2, 0) is 4.74 Å². The quantitative estimate of drug-likeness (QED) is 0.449.